The minimum atomic E-state index is -3.76. The second-order valence-corrected chi connectivity index (χ2v) is 8.96. The monoisotopic (exact) mass is 412 g/mol. The number of hydrogen-bond acceptors (Lipinski definition) is 7. The minimum absolute atomic E-state index is 0.228. The van der Waals surface area contributed by atoms with E-state index >= 15 is 0 Å². The molecule has 148 valence electrons. The van der Waals surface area contributed by atoms with Crippen molar-refractivity contribution in [3.63, 3.8) is 0 Å². The van der Waals surface area contributed by atoms with Crippen molar-refractivity contribution in [2.45, 2.75) is 38.5 Å². The molecular weight excluding hydrogens is 388 g/mol. The second kappa shape index (κ2) is 9.98. The van der Waals surface area contributed by atoms with E-state index in [0.717, 1.165) is 10.4 Å². The van der Waals surface area contributed by atoms with Gasteiger partial charge >= 0.3 is 5.97 Å². The van der Waals surface area contributed by atoms with E-state index in [2.05, 4.69) is 0 Å². The number of aliphatic hydroxyl groups excluding tert-OH is 1. The van der Waals surface area contributed by atoms with Gasteiger partial charge in [-0.1, -0.05) is 29.8 Å². The van der Waals surface area contributed by atoms with Crippen LogP contribution in [0.5, 0.6) is 0 Å². The number of aryl methyl sites for hydroxylation is 2. The van der Waals surface area contributed by atoms with Crippen LogP contribution >= 0.6 is 11.3 Å². The second-order valence-electron chi connectivity index (χ2n) is 6.15. The van der Waals surface area contributed by atoms with Crippen LogP contribution in [-0.2, 0) is 31.2 Å². The molecule has 0 aliphatic carbocycles. The highest BCUT2D eigenvalue weighted by Crippen LogP contribution is 2.20. The Morgan fingerprint density at radius 1 is 1.19 bits per heavy atom. The third-order valence-corrected chi connectivity index (χ3v) is 6.07. The molecule has 0 amide bonds. The van der Waals surface area contributed by atoms with Crippen LogP contribution in [-0.4, -0.2) is 38.8 Å². The van der Waals surface area contributed by atoms with Gasteiger partial charge in [0.2, 0.25) is 0 Å². The van der Waals surface area contributed by atoms with Crippen molar-refractivity contribution in [3.05, 3.63) is 57.3 Å². The smallest absolute Gasteiger partial charge is 0.348 e. The van der Waals surface area contributed by atoms with Crippen molar-refractivity contribution in [2.24, 2.45) is 0 Å². The predicted octanol–water partition coefficient (Wildman–Crippen LogP) is 3.07. The van der Waals surface area contributed by atoms with Gasteiger partial charge in [-0.25, -0.2) is 4.79 Å². The number of carbonyl (C=O) groups is 1. The molecule has 27 heavy (non-hydrogen) atoms. The van der Waals surface area contributed by atoms with Crippen LogP contribution in [0.15, 0.2) is 36.4 Å². The maximum atomic E-state index is 12.0. The van der Waals surface area contributed by atoms with Gasteiger partial charge in [0.15, 0.2) is 0 Å². The number of carbonyl (C=O) groups excluding carboxylic acids is 1. The Morgan fingerprint density at radius 3 is 2.56 bits per heavy atom. The van der Waals surface area contributed by atoms with E-state index in [1.165, 1.54) is 11.3 Å². The van der Waals surface area contributed by atoms with E-state index in [4.69, 9.17) is 8.92 Å². The first-order valence-corrected chi connectivity index (χ1v) is 11.0. The van der Waals surface area contributed by atoms with Gasteiger partial charge < -0.3 is 9.84 Å². The third-order valence-electron chi connectivity index (χ3n) is 3.77. The molecule has 1 unspecified atom stereocenters. The first-order valence-electron chi connectivity index (χ1n) is 8.65. The lowest BCUT2D eigenvalue weighted by molar-refractivity contribution is 0.0532. The Labute approximate surface area is 163 Å². The van der Waals surface area contributed by atoms with Crippen molar-refractivity contribution < 1.29 is 27.2 Å². The van der Waals surface area contributed by atoms with Gasteiger partial charge in [-0.3, -0.25) is 4.18 Å². The van der Waals surface area contributed by atoms with E-state index in [-0.39, 0.29) is 18.3 Å². The summed E-state index contributed by atoms with van der Waals surface area (Å²) in [6, 6.07) is 10.7. The Hall–Kier alpha value is -1.74. The summed E-state index contributed by atoms with van der Waals surface area (Å²) in [6.07, 6.45) is -0.0546. The Balaban J connectivity index is 1.77. The van der Waals surface area contributed by atoms with Crippen LogP contribution in [0.1, 0.15) is 39.0 Å². The molecule has 1 N–H and O–H groups in total. The van der Waals surface area contributed by atoms with Gasteiger partial charge in [-0.2, -0.15) is 8.42 Å². The van der Waals surface area contributed by atoms with Crippen molar-refractivity contribution in [3.8, 4) is 0 Å². The molecule has 1 aromatic carbocycles. The first-order chi connectivity index (χ1) is 12.8. The molecule has 0 fully saturated rings. The summed E-state index contributed by atoms with van der Waals surface area (Å²) in [7, 11) is -3.76. The summed E-state index contributed by atoms with van der Waals surface area (Å²) in [6.45, 7) is 3.70. The van der Waals surface area contributed by atoms with E-state index in [0.29, 0.717) is 29.9 Å². The van der Waals surface area contributed by atoms with Gasteiger partial charge in [-0.15, -0.1) is 11.3 Å². The molecule has 1 heterocycles. The van der Waals surface area contributed by atoms with Crippen LogP contribution in [0, 0.1) is 6.92 Å². The molecule has 0 aliphatic heterocycles. The van der Waals surface area contributed by atoms with Crippen molar-refractivity contribution in [1.29, 1.82) is 0 Å². The highest BCUT2D eigenvalue weighted by Gasteiger charge is 2.16. The standard InChI is InChI=1S/C19H24O6S2/c1-3-24-19(21)18-11-10-17(26-18)9-8-16(20)12-25-27(22,23)13-15-6-4-14(2)5-7-15/h4-7,10-11,16,20H,3,8-9,12-13H2,1-2H3. The normalized spacial score (nSPS) is 12.7. The predicted molar refractivity (Wildman–Crippen MR) is 104 cm³/mol. The number of benzene rings is 1. The highest BCUT2D eigenvalue weighted by molar-refractivity contribution is 7.85. The SMILES string of the molecule is CCOC(=O)c1ccc(CCC(O)COS(=O)(=O)Cc2ccc(C)cc2)s1. The van der Waals surface area contributed by atoms with Crippen LogP contribution in [0.4, 0.5) is 0 Å². The number of aliphatic hydroxyl groups is 1. The maximum absolute atomic E-state index is 12.0. The molecule has 1 atom stereocenters. The maximum Gasteiger partial charge on any atom is 0.348 e. The fraction of sp³-hybridized carbons (Fsp3) is 0.421. The van der Waals surface area contributed by atoms with Gasteiger partial charge in [-0.05, 0) is 44.4 Å². The Morgan fingerprint density at radius 2 is 1.89 bits per heavy atom. The van der Waals surface area contributed by atoms with Crippen LogP contribution in [0.25, 0.3) is 0 Å². The Bertz CT molecular complexity index is 839. The van der Waals surface area contributed by atoms with Gasteiger partial charge in [0.1, 0.15) is 10.6 Å². The quantitative estimate of drug-likeness (QED) is 0.476. The van der Waals surface area contributed by atoms with Crippen molar-refractivity contribution >= 4 is 27.4 Å². The van der Waals surface area contributed by atoms with Gasteiger partial charge in [0.25, 0.3) is 10.1 Å². The summed E-state index contributed by atoms with van der Waals surface area (Å²) in [4.78, 5) is 13.1. The number of rotatable bonds is 10. The molecular formula is C19H24O6S2. The van der Waals surface area contributed by atoms with Gasteiger partial charge in [0, 0.05) is 4.88 Å². The third kappa shape index (κ3) is 7.42. The molecule has 0 spiro atoms. The highest BCUT2D eigenvalue weighted by atomic mass is 32.2. The average molecular weight is 413 g/mol. The molecule has 0 aliphatic rings. The Kier molecular flexibility index (Phi) is 7.97. The van der Waals surface area contributed by atoms with E-state index in [1.54, 1.807) is 31.2 Å². The largest absolute Gasteiger partial charge is 0.462 e. The summed E-state index contributed by atoms with van der Waals surface area (Å²) in [5.74, 6) is -0.590. The average Bonchev–Trinajstić information content (AvgIpc) is 3.09. The number of esters is 1. The van der Waals surface area contributed by atoms with Crippen molar-refractivity contribution in [2.75, 3.05) is 13.2 Å². The summed E-state index contributed by atoms with van der Waals surface area (Å²) >= 11 is 1.30. The zero-order valence-electron chi connectivity index (χ0n) is 15.4. The summed E-state index contributed by atoms with van der Waals surface area (Å²) < 4.78 is 33.9. The van der Waals surface area contributed by atoms with Crippen molar-refractivity contribution in [1.82, 2.24) is 0 Å². The molecule has 1 aromatic heterocycles. The molecule has 0 saturated carbocycles. The van der Waals surface area contributed by atoms with E-state index in [9.17, 15) is 18.3 Å². The minimum Gasteiger partial charge on any atom is -0.462 e. The van der Waals surface area contributed by atoms with E-state index in [1.807, 2.05) is 19.1 Å². The molecule has 0 radical (unpaired) electrons. The van der Waals surface area contributed by atoms with Gasteiger partial charge in [0.05, 0.1) is 19.3 Å². The lowest BCUT2D eigenvalue weighted by Gasteiger charge is -2.11. The molecule has 0 bridgehead atoms. The van der Waals surface area contributed by atoms with Crippen LogP contribution in [0.3, 0.4) is 0 Å². The zero-order valence-corrected chi connectivity index (χ0v) is 17.0. The van der Waals surface area contributed by atoms with Crippen LogP contribution in [0.2, 0.25) is 0 Å². The van der Waals surface area contributed by atoms with Crippen LogP contribution < -0.4 is 0 Å². The summed E-state index contributed by atoms with van der Waals surface area (Å²) in [5.41, 5.74) is 1.69. The summed E-state index contributed by atoms with van der Waals surface area (Å²) in [5, 5.41) is 10.0. The topological polar surface area (TPSA) is 89.9 Å². The molecule has 6 nitrogen and oxygen atoms in total. The first kappa shape index (κ1) is 21.6. The molecule has 0 saturated heterocycles. The lowest BCUT2D eigenvalue weighted by Crippen LogP contribution is -2.20. The number of thiophene rings is 1. The zero-order chi connectivity index (χ0) is 19.9. The molecule has 8 heteroatoms. The number of hydrogen-bond donors (Lipinski definition) is 1. The fourth-order valence-corrected chi connectivity index (χ4v) is 4.29. The number of ether oxygens (including phenoxy) is 1. The van der Waals surface area contributed by atoms with E-state index < -0.39 is 16.2 Å². The fourth-order valence-electron chi connectivity index (χ4n) is 2.33. The molecule has 2 rings (SSSR count). The lowest BCUT2D eigenvalue weighted by atomic mass is 10.2. The molecule has 2 aromatic rings.